The number of guanidine groups is 1. The molecule has 0 rings (SSSR count). The van der Waals surface area contributed by atoms with Crippen LogP contribution in [-0.2, 0) is 4.79 Å². The van der Waals surface area contributed by atoms with E-state index in [-0.39, 0.29) is 18.4 Å². The van der Waals surface area contributed by atoms with E-state index in [2.05, 4.69) is 10.9 Å². The van der Waals surface area contributed by atoms with Crippen molar-refractivity contribution in [2.45, 2.75) is 6.92 Å². The van der Waals surface area contributed by atoms with Gasteiger partial charge in [-0.2, -0.15) is 0 Å². The van der Waals surface area contributed by atoms with Crippen LogP contribution in [0.15, 0.2) is 5.10 Å². The van der Waals surface area contributed by atoms with Gasteiger partial charge in [0.1, 0.15) is 0 Å². The lowest BCUT2D eigenvalue weighted by Crippen LogP contribution is -2.23. The second-order valence-electron chi connectivity index (χ2n) is 1.07. The van der Waals surface area contributed by atoms with Crippen molar-refractivity contribution in [3.8, 4) is 0 Å². The number of carbonyl (C=O) groups is 1. The maximum Gasteiger partial charge on any atom is 0.300 e. The van der Waals surface area contributed by atoms with E-state index >= 15 is 0 Å². The first-order chi connectivity index (χ1) is 4.00. The van der Waals surface area contributed by atoms with Crippen molar-refractivity contribution in [1.82, 2.24) is 0 Å². The Kier molecular flexibility index (Phi) is 17.1. The van der Waals surface area contributed by atoms with Gasteiger partial charge in [-0.15, -0.1) is 17.5 Å². The topological polar surface area (TPSA) is 128 Å². The van der Waals surface area contributed by atoms with Crippen LogP contribution in [0.25, 0.3) is 0 Å². The van der Waals surface area contributed by atoms with Crippen LogP contribution in [0, 0.1) is 0 Å². The number of hydrazone groups is 1. The summed E-state index contributed by atoms with van der Waals surface area (Å²) in [5.41, 5.74) is 9.39. The van der Waals surface area contributed by atoms with Gasteiger partial charge in [-0.1, -0.05) is 0 Å². The minimum absolute atomic E-state index is 0. The molecule has 0 unspecified atom stereocenters. The molecule has 0 radical (unpaired) electrons. The molecule has 0 atom stereocenters. The zero-order chi connectivity index (χ0) is 7.86. The molecule has 10 heavy (non-hydrogen) atoms. The molecule has 62 valence electrons. The fourth-order valence-corrected chi connectivity index (χ4v) is 0. The lowest BCUT2D eigenvalue weighted by atomic mass is 10.9. The summed E-state index contributed by atoms with van der Waals surface area (Å²) in [6, 6.07) is 0. The van der Waals surface area contributed by atoms with Crippen LogP contribution in [0.1, 0.15) is 6.92 Å². The van der Waals surface area contributed by atoms with E-state index in [4.69, 9.17) is 21.4 Å². The number of hydrogen-bond donors (Lipinski definition) is 4. The summed E-state index contributed by atoms with van der Waals surface area (Å²) in [5.74, 6) is 3.58. The molecule has 0 aliphatic heterocycles. The predicted molar refractivity (Wildman–Crippen MR) is 40.6 cm³/mol. The van der Waals surface area contributed by atoms with Gasteiger partial charge in [0, 0.05) is 6.92 Å². The van der Waals surface area contributed by atoms with E-state index in [1.807, 2.05) is 0 Å². The van der Waals surface area contributed by atoms with Gasteiger partial charge < -0.3 is 22.4 Å². The standard InChI is InChI=1S/C2H4O2.CH6N4.ClH/c1-2(3)4;2-1(3)5-4;/h1H3,(H,3,4);4H2,(H4,2,3,5);1H. The van der Waals surface area contributed by atoms with E-state index in [1.54, 1.807) is 0 Å². The minimum Gasteiger partial charge on any atom is -0.481 e. The summed E-state index contributed by atoms with van der Waals surface area (Å²) in [4.78, 5) is 9.00. The Balaban J connectivity index is -0.0000000910. The molecular formula is C3H11ClN4O2. The Labute approximate surface area is 64.5 Å². The van der Waals surface area contributed by atoms with Gasteiger partial charge >= 0.3 is 0 Å². The van der Waals surface area contributed by atoms with E-state index in [1.165, 1.54) is 0 Å². The second-order valence-corrected chi connectivity index (χ2v) is 1.07. The summed E-state index contributed by atoms with van der Waals surface area (Å²) in [5, 5.41) is 10.3. The van der Waals surface area contributed by atoms with Crippen molar-refractivity contribution in [3.63, 3.8) is 0 Å². The van der Waals surface area contributed by atoms with Crippen LogP contribution in [0.4, 0.5) is 0 Å². The number of nitrogens with zero attached hydrogens (tertiary/aromatic N) is 1. The highest BCUT2D eigenvalue weighted by Gasteiger charge is 1.65. The van der Waals surface area contributed by atoms with Crippen LogP contribution >= 0.6 is 12.4 Å². The molecule has 0 aromatic carbocycles. The Hall–Kier alpha value is -1.17. The van der Waals surface area contributed by atoms with Crippen LogP contribution in [0.3, 0.4) is 0 Å². The van der Waals surface area contributed by atoms with Crippen LogP contribution < -0.4 is 17.3 Å². The molecule has 0 aliphatic carbocycles. The molecule has 0 saturated heterocycles. The Morgan fingerprint density at radius 2 is 1.60 bits per heavy atom. The highest BCUT2D eigenvalue weighted by atomic mass is 35.5. The van der Waals surface area contributed by atoms with Crippen LogP contribution in [0.2, 0.25) is 0 Å². The van der Waals surface area contributed by atoms with Gasteiger partial charge in [-0.3, -0.25) is 4.79 Å². The fourth-order valence-electron chi connectivity index (χ4n) is 0. The van der Waals surface area contributed by atoms with Crippen molar-refractivity contribution in [2.75, 3.05) is 0 Å². The maximum absolute atomic E-state index is 9.00. The molecule has 0 aromatic heterocycles. The summed E-state index contributed by atoms with van der Waals surface area (Å²) in [6.07, 6.45) is 0. The third-order valence-corrected chi connectivity index (χ3v) is 0.149. The molecule has 6 nitrogen and oxygen atoms in total. The monoisotopic (exact) mass is 170 g/mol. The molecule has 0 aromatic rings. The number of hydrogen-bond acceptors (Lipinski definition) is 3. The lowest BCUT2D eigenvalue weighted by molar-refractivity contribution is -0.134. The predicted octanol–water partition coefficient (Wildman–Crippen LogP) is -1.35. The number of carboxylic acids is 1. The first kappa shape index (κ1) is 15.9. The third kappa shape index (κ3) is 337. The van der Waals surface area contributed by atoms with Gasteiger partial charge in [0.15, 0.2) is 0 Å². The minimum atomic E-state index is -0.833. The number of carboxylic acid groups (broad SMARTS) is 1. The van der Waals surface area contributed by atoms with Crippen LogP contribution in [-0.4, -0.2) is 17.0 Å². The molecule has 0 saturated carbocycles. The number of rotatable bonds is 0. The fraction of sp³-hybridized carbons (Fsp3) is 0.333. The molecule has 0 amide bonds. The zero-order valence-corrected chi connectivity index (χ0v) is 6.26. The quantitative estimate of drug-likeness (QED) is 0.155. The first-order valence-corrected chi connectivity index (χ1v) is 1.99. The van der Waals surface area contributed by atoms with E-state index in [9.17, 15) is 0 Å². The molecule has 0 bridgehead atoms. The number of aliphatic carboxylic acids is 1. The average Bonchev–Trinajstić information content (AvgIpc) is 1.65. The largest absolute Gasteiger partial charge is 0.481 e. The van der Waals surface area contributed by atoms with Gasteiger partial charge in [0.25, 0.3) is 5.97 Å². The zero-order valence-electron chi connectivity index (χ0n) is 5.44. The van der Waals surface area contributed by atoms with E-state index in [0.29, 0.717) is 0 Å². The average molecular weight is 171 g/mol. The van der Waals surface area contributed by atoms with Crippen molar-refractivity contribution >= 4 is 24.3 Å². The van der Waals surface area contributed by atoms with Crippen molar-refractivity contribution in [2.24, 2.45) is 22.4 Å². The second kappa shape index (κ2) is 10.7. The Bertz CT molecular complexity index is 107. The lowest BCUT2D eigenvalue weighted by Gasteiger charge is -1.76. The normalized spacial score (nSPS) is 5.70. The molecule has 0 fully saturated rings. The Morgan fingerprint density at radius 3 is 1.60 bits per heavy atom. The molecule has 7 heteroatoms. The smallest absolute Gasteiger partial charge is 0.300 e. The number of nitrogens with two attached hydrogens (primary N) is 3. The van der Waals surface area contributed by atoms with Crippen molar-refractivity contribution in [1.29, 1.82) is 0 Å². The van der Waals surface area contributed by atoms with Gasteiger partial charge in [-0.05, 0) is 0 Å². The molecule has 0 aliphatic rings. The number of halogens is 1. The molecule has 0 spiro atoms. The van der Waals surface area contributed by atoms with Crippen LogP contribution in [0.5, 0.6) is 0 Å². The van der Waals surface area contributed by atoms with Gasteiger partial charge in [0.05, 0.1) is 0 Å². The third-order valence-electron chi connectivity index (χ3n) is 0.149. The van der Waals surface area contributed by atoms with Crippen molar-refractivity contribution in [3.05, 3.63) is 0 Å². The Morgan fingerprint density at radius 1 is 1.50 bits per heavy atom. The van der Waals surface area contributed by atoms with E-state index < -0.39 is 5.97 Å². The molecule has 7 N–H and O–H groups in total. The highest BCUT2D eigenvalue weighted by molar-refractivity contribution is 5.85. The summed E-state index contributed by atoms with van der Waals surface area (Å²) < 4.78 is 0. The maximum atomic E-state index is 9.00. The summed E-state index contributed by atoms with van der Waals surface area (Å²) >= 11 is 0. The molecule has 0 heterocycles. The highest BCUT2D eigenvalue weighted by Crippen LogP contribution is 1.42. The first-order valence-electron chi connectivity index (χ1n) is 1.99. The van der Waals surface area contributed by atoms with Gasteiger partial charge in [0.2, 0.25) is 5.96 Å². The van der Waals surface area contributed by atoms with Crippen molar-refractivity contribution < 1.29 is 9.90 Å². The van der Waals surface area contributed by atoms with Gasteiger partial charge in [-0.25, -0.2) is 0 Å². The summed E-state index contributed by atoms with van der Waals surface area (Å²) in [7, 11) is 0. The SMILES string of the molecule is CC(=O)O.Cl.NN=C(N)N. The summed E-state index contributed by atoms with van der Waals surface area (Å²) in [6.45, 7) is 1.08. The van der Waals surface area contributed by atoms with E-state index in [0.717, 1.165) is 6.92 Å². The molecular weight excluding hydrogens is 160 g/mol.